The summed E-state index contributed by atoms with van der Waals surface area (Å²) in [6.07, 6.45) is 0.533. The number of aryl methyl sites for hydroxylation is 1. The Hall–Kier alpha value is -0.550. The van der Waals surface area contributed by atoms with E-state index in [9.17, 15) is 13.9 Å². The molecule has 1 aromatic rings. The molecule has 5 heteroatoms. The van der Waals surface area contributed by atoms with Gasteiger partial charge < -0.3 is 5.11 Å². The van der Waals surface area contributed by atoms with Crippen LogP contribution in [0.2, 0.25) is 0 Å². The molecule has 0 unspecified atom stereocenters. The van der Waals surface area contributed by atoms with E-state index in [1.54, 1.807) is 0 Å². The Morgan fingerprint density at radius 3 is 2.50 bits per heavy atom. The maximum atomic E-state index is 13.0. The standard InChI is InChI=1S/C11H15F2NOS/c1-2-8-7-16-9(14-8)10(15)3-5-11(12,13)6-4-10/h7,15H,2-6H2,1H3. The Labute approximate surface area is 97.3 Å². The predicted molar refractivity (Wildman–Crippen MR) is 58.8 cm³/mol. The van der Waals surface area contributed by atoms with E-state index in [4.69, 9.17) is 0 Å². The molecule has 0 saturated heterocycles. The van der Waals surface area contributed by atoms with E-state index in [1.165, 1.54) is 11.3 Å². The van der Waals surface area contributed by atoms with Gasteiger partial charge in [-0.3, -0.25) is 0 Å². The first-order valence-corrected chi connectivity index (χ1v) is 6.38. The summed E-state index contributed by atoms with van der Waals surface area (Å²) < 4.78 is 26.0. The predicted octanol–water partition coefficient (Wildman–Crippen LogP) is 3.10. The highest BCUT2D eigenvalue weighted by Crippen LogP contribution is 2.44. The lowest BCUT2D eigenvalue weighted by Crippen LogP contribution is -2.36. The molecule has 0 bridgehead atoms. The fraction of sp³-hybridized carbons (Fsp3) is 0.727. The average Bonchev–Trinajstić information content (AvgIpc) is 2.72. The Balaban J connectivity index is 2.14. The third-order valence-corrected chi connectivity index (χ3v) is 4.21. The molecule has 1 fully saturated rings. The number of hydrogen-bond acceptors (Lipinski definition) is 3. The molecule has 2 rings (SSSR count). The fourth-order valence-electron chi connectivity index (χ4n) is 1.93. The number of thiazole rings is 1. The van der Waals surface area contributed by atoms with Gasteiger partial charge in [0.25, 0.3) is 0 Å². The summed E-state index contributed by atoms with van der Waals surface area (Å²) in [5, 5.41) is 12.8. The third-order valence-electron chi connectivity index (χ3n) is 3.12. The van der Waals surface area contributed by atoms with E-state index in [-0.39, 0.29) is 25.7 Å². The lowest BCUT2D eigenvalue weighted by molar-refractivity contribution is -0.107. The SMILES string of the molecule is CCc1csc(C2(O)CCC(F)(F)CC2)n1. The molecule has 2 nitrogen and oxygen atoms in total. The molecule has 16 heavy (non-hydrogen) atoms. The number of nitrogens with zero attached hydrogens (tertiary/aromatic N) is 1. The van der Waals surface area contributed by atoms with Crippen LogP contribution in [0, 0.1) is 0 Å². The molecule has 0 radical (unpaired) electrons. The molecule has 0 spiro atoms. The van der Waals surface area contributed by atoms with Crippen molar-refractivity contribution in [3.05, 3.63) is 16.1 Å². The number of halogens is 2. The summed E-state index contributed by atoms with van der Waals surface area (Å²) in [4.78, 5) is 4.30. The highest BCUT2D eigenvalue weighted by atomic mass is 32.1. The van der Waals surface area contributed by atoms with Gasteiger partial charge in [-0.25, -0.2) is 13.8 Å². The van der Waals surface area contributed by atoms with Gasteiger partial charge in [-0.2, -0.15) is 0 Å². The van der Waals surface area contributed by atoms with E-state index in [0.717, 1.165) is 12.1 Å². The molecule has 1 heterocycles. The molecule has 0 atom stereocenters. The van der Waals surface area contributed by atoms with Crippen LogP contribution < -0.4 is 0 Å². The number of hydrogen-bond donors (Lipinski definition) is 1. The minimum atomic E-state index is -2.61. The van der Waals surface area contributed by atoms with Gasteiger partial charge >= 0.3 is 0 Å². The summed E-state index contributed by atoms with van der Waals surface area (Å²) in [5.74, 6) is -2.61. The summed E-state index contributed by atoms with van der Waals surface area (Å²) >= 11 is 1.37. The first-order chi connectivity index (χ1) is 7.45. The summed E-state index contributed by atoms with van der Waals surface area (Å²) in [5.41, 5.74) is -0.203. The van der Waals surface area contributed by atoms with Crippen LogP contribution in [0.15, 0.2) is 5.38 Å². The van der Waals surface area contributed by atoms with Gasteiger partial charge in [-0.05, 0) is 19.3 Å². The Morgan fingerprint density at radius 1 is 1.38 bits per heavy atom. The molecule has 1 saturated carbocycles. The van der Waals surface area contributed by atoms with Crippen molar-refractivity contribution in [1.82, 2.24) is 4.98 Å². The number of aliphatic hydroxyl groups is 1. The van der Waals surface area contributed by atoms with Crippen LogP contribution >= 0.6 is 11.3 Å². The molecule has 1 aromatic heterocycles. The molecule has 1 aliphatic carbocycles. The normalized spacial score (nSPS) is 23.2. The van der Waals surface area contributed by atoms with Crippen molar-refractivity contribution in [1.29, 1.82) is 0 Å². The van der Waals surface area contributed by atoms with E-state index in [1.807, 2.05) is 12.3 Å². The van der Waals surface area contributed by atoms with E-state index in [2.05, 4.69) is 4.98 Å². The topological polar surface area (TPSA) is 33.1 Å². The van der Waals surface area contributed by atoms with Gasteiger partial charge in [0, 0.05) is 18.2 Å². The lowest BCUT2D eigenvalue weighted by Gasteiger charge is -2.34. The van der Waals surface area contributed by atoms with E-state index < -0.39 is 11.5 Å². The van der Waals surface area contributed by atoms with E-state index >= 15 is 0 Å². The van der Waals surface area contributed by atoms with Crippen LogP contribution in [0.3, 0.4) is 0 Å². The second-order valence-corrected chi connectivity index (χ2v) is 5.24. The Bertz CT molecular complexity index is 368. The third kappa shape index (κ3) is 2.25. The fourth-order valence-corrected chi connectivity index (χ4v) is 2.99. The number of alkyl halides is 2. The Kier molecular flexibility index (Phi) is 3.01. The van der Waals surface area contributed by atoms with Crippen molar-refractivity contribution in [2.24, 2.45) is 0 Å². The summed E-state index contributed by atoms with van der Waals surface area (Å²) in [6.45, 7) is 1.98. The van der Waals surface area contributed by atoms with Crippen molar-refractivity contribution in [3.63, 3.8) is 0 Å². The zero-order chi connectivity index (χ0) is 11.8. The first kappa shape index (κ1) is 11.9. The van der Waals surface area contributed by atoms with Gasteiger partial charge in [0.1, 0.15) is 10.6 Å². The van der Waals surface area contributed by atoms with Crippen molar-refractivity contribution in [2.45, 2.75) is 50.6 Å². The maximum Gasteiger partial charge on any atom is 0.248 e. The average molecular weight is 247 g/mol. The minimum absolute atomic E-state index is 0.108. The molecule has 0 aromatic carbocycles. The quantitative estimate of drug-likeness (QED) is 0.871. The van der Waals surface area contributed by atoms with Crippen molar-refractivity contribution < 1.29 is 13.9 Å². The van der Waals surface area contributed by atoms with E-state index in [0.29, 0.717) is 5.01 Å². The van der Waals surface area contributed by atoms with Crippen molar-refractivity contribution in [3.8, 4) is 0 Å². The summed E-state index contributed by atoms with van der Waals surface area (Å²) in [6, 6.07) is 0. The number of aromatic nitrogens is 1. The largest absolute Gasteiger partial charge is 0.383 e. The van der Waals surface area contributed by atoms with Gasteiger partial charge in [0.05, 0.1) is 5.69 Å². The van der Waals surface area contributed by atoms with Crippen LogP contribution in [0.5, 0.6) is 0 Å². The molecule has 0 aliphatic heterocycles. The summed E-state index contributed by atoms with van der Waals surface area (Å²) in [7, 11) is 0. The second-order valence-electron chi connectivity index (χ2n) is 4.39. The van der Waals surface area contributed by atoms with Crippen LogP contribution in [-0.2, 0) is 12.0 Å². The van der Waals surface area contributed by atoms with Gasteiger partial charge in [-0.15, -0.1) is 11.3 Å². The zero-order valence-corrected chi connectivity index (χ0v) is 9.99. The van der Waals surface area contributed by atoms with Gasteiger partial charge in [-0.1, -0.05) is 6.92 Å². The molecule has 1 aliphatic rings. The highest BCUT2D eigenvalue weighted by Gasteiger charge is 2.44. The van der Waals surface area contributed by atoms with Crippen LogP contribution in [0.25, 0.3) is 0 Å². The minimum Gasteiger partial charge on any atom is -0.383 e. The molecule has 0 amide bonds. The Morgan fingerprint density at radius 2 is 2.00 bits per heavy atom. The zero-order valence-electron chi connectivity index (χ0n) is 9.17. The molecular formula is C11H15F2NOS. The molecular weight excluding hydrogens is 232 g/mol. The second kappa shape index (κ2) is 4.04. The monoisotopic (exact) mass is 247 g/mol. The van der Waals surface area contributed by atoms with Gasteiger partial charge in [0.15, 0.2) is 0 Å². The number of rotatable bonds is 2. The van der Waals surface area contributed by atoms with Crippen molar-refractivity contribution >= 4 is 11.3 Å². The maximum absolute atomic E-state index is 13.0. The van der Waals surface area contributed by atoms with Crippen LogP contribution in [0.1, 0.15) is 43.3 Å². The molecule has 1 N–H and O–H groups in total. The molecule has 90 valence electrons. The first-order valence-electron chi connectivity index (χ1n) is 5.50. The van der Waals surface area contributed by atoms with Crippen molar-refractivity contribution in [2.75, 3.05) is 0 Å². The lowest BCUT2D eigenvalue weighted by atomic mass is 9.83. The van der Waals surface area contributed by atoms with Crippen LogP contribution in [0.4, 0.5) is 8.78 Å². The smallest absolute Gasteiger partial charge is 0.248 e. The highest BCUT2D eigenvalue weighted by molar-refractivity contribution is 7.09. The van der Waals surface area contributed by atoms with Crippen LogP contribution in [-0.4, -0.2) is 16.0 Å². The van der Waals surface area contributed by atoms with Gasteiger partial charge in [0.2, 0.25) is 5.92 Å².